The fourth-order valence-electron chi connectivity index (χ4n) is 4.38. The molecule has 5 rings (SSSR count). The molecule has 2 heterocycles. The van der Waals surface area contributed by atoms with Crippen LogP contribution in [-0.4, -0.2) is 20.8 Å². The summed E-state index contributed by atoms with van der Waals surface area (Å²) in [6, 6.07) is 18.0. The van der Waals surface area contributed by atoms with Crippen molar-refractivity contribution in [1.29, 1.82) is 0 Å². The second kappa shape index (κ2) is 8.23. The van der Waals surface area contributed by atoms with E-state index in [2.05, 4.69) is 36.0 Å². The molecule has 2 aliphatic heterocycles. The predicted molar refractivity (Wildman–Crippen MR) is 129 cm³/mol. The number of carbonyl (C=O) groups excluding carboxylic acids is 1. The third-order valence-electron chi connectivity index (χ3n) is 6.24. The van der Waals surface area contributed by atoms with E-state index < -0.39 is 10.0 Å². The van der Waals surface area contributed by atoms with Crippen LogP contribution in [0.4, 0.5) is 11.4 Å². The summed E-state index contributed by atoms with van der Waals surface area (Å²) in [6.07, 6.45) is 1.03. The summed E-state index contributed by atoms with van der Waals surface area (Å²) in [7, 11) is -3.84. The summed E-state index contributed by atoms with van der Waals surface area (Å²) in [5.74, 6) is 1.11. The number of ketones is 1. The normalized spacial score (nSPS) is 17.2. The van der Waals surface area contributed by atoms with Gasteiger partial charge in [-0.2, -0.15) is 0 Å². The van der Waals surface area contributed by atoms with E-state index in [4.69, 9.17) is 4.74 Å². The molecule has 2 N–H and O–H groups in total. The highest BCUT2D eigenvalue weighted by molar-refractivity contribution is 7.92. The standard InChI is InChI=1S/C26H26N2O4S/c1-16(2)17-4-3-5-18(12-17)24-15-25(29)22-14-21(7-8-23(22)27-24)33(30,31)28-20-6-9-26-19(13-20)10-11-32-26/h3-9,12-14,16,24,27-28H,10-11,15H2,1-2H3. The quantitative estimate of drug-likeness (QED) is 0.539. The molecule has 0 spiro atoms. The molecule has 0 saturated heterocycles. The smallest absolute Gasteiger partial charge is 0.261 e. The van der Waals surface area contributed by atoms with Gasteiger partial charge in [0.25, 0.3) is 10.0 Å². The van der Waals surface area contributed by atoms with Crippen molar-refractivity contribution in [2.75, 3.05) is 16.6 Å². The van der Waals surface area contributed by atoms with Gasteiger partial charge in [0.15, 0.2) is 5.78 Å². The topological polar surface area (TPSA) is 84.5 Å². The fraction of sp³-hybridized carbons (Fsp3) is 0.269. The van der Waals surface area contributed by atoms with Crippen LogP contribution in [0.2, 0.25) is 0 Å². The number of hydrogen-bond acceptors (Lipinski definition) is 5. The molecule has 6 nitrogen and oxygen atoms in total. The molecule has 170 valence electrons. The highest BCUT2D eigenvalue weighted by atomic mass is 32.2. The monoisotopic (exact) mass is 462 g/mol. The number of nitrogens with one attached hydrogen (secondary N) is 2. The molecule has 0 aliphatic carbocycles. The second-order valence-electron chi connectivity index (χ2n) is 8.88. The van der Waals surface area contributed by atoms with Crippen molar-refractivity contribution in [3.63, 3.8) is 0 Å². The lowest BCUT2D eigenvalue weighted by molar-refractivity contribution is 0.0972. The number of hydrogen-bond donors (Lipinski definition) is 2. The molecule has 0 bridgehead atoms. The van der Waals surface area contributed by atoms with Crippen LogP contribution in [0.15, 0.2) is 65.6 Å². The summed E-state index contributed by atoms with van der Waals surface area (Å²) in [5, 5.41) is 3.42. The molecule has 7 heteroatoms. The van der Waals surface area contributed by atoms with Gasteiger partial charge in [0.2, 0.25) is 0 Å². The Labute approximate surface area is 194 Å². The average molecular weight is 463 g/mol. The maximum atomic E-state index is 13.0. The summed E-state index contributed by atoms with van der Waals surface area (Å²) >= 11 is 0. The van der Waals surface area contributed by atoms with Gasteiger partial charge in [0.1, 0.15) is 5.75 Å². The Kier molecular flexibility index (Phi) is 5.37. The lowest BCUT2D eigenvalue weighted by Gasteiger charge is -2.27. The zero-order valence-electron chi connectivity index (χ0n) is 18.6. The molecule has 0 radical (unpaired) electrons. The third kappa shape index (κ3) is 4.20. The minimum absolute atomic E-state index is 0.0633. The third-order valence-corrected chi connectivity index (χ3v) is 7.62. The zero-order valence-corrected chi connectivity index (χ0v) is 19.4. The van der Waals surface area contributed by atoms with Crippen molar-refractivity contribution >= 4 is 27.2 Å². The Morgan fingerprint density at radius 2 is 1.91 bits per heavy atom. The Hall–Kier alpha value is -3.32. The fourth-order valence-corrected chi connectivity index (χ4v) is 5.46. The molecule has 0 fully saturated rings. The van der Waals surface area contributed by atoms with Crippen LogP contribution in [0.5, 0.6) is 5.75 Å². The van der Waals surface area contributed by atoms with E-state index in [1.165, 1.54) is 17.7 Å². The maximum absolute atomic E-state index is 13.0. The van der Waals surface area contributed by atoms with Crippen LogP contribution < -0.4 is 14.8 Å². The highest BCUT2D eigenvalue weighted by Crippen LogP contribution is 2.35. The van der Waals surface area contributed by atoms with E-state index in [9.17, 15) is 13.2 Å². The van der Waals surface area contributed by atoms with Gasteiger partial charge >= 0.3 is 0 Å². The van der Waals surface area contributed by atoms with Crippen molar-refractivity contribution in [3.05, 3.63) is 82.9 Å². The first-order valence-corrected chi connectivity index (χ1v) is 12.6. The first-order chi connectivity index (χ1) is 15.8. The molecular formula is C26H26N2O4S. The first kappa shape index (κ1) is 21.5. The second-order valence-corrected chi connectivity index (χ2v) is 10.6. The number of anilines is 2. The van der Waals surface area contributed by atoms with Gasteiger partial charge in [-0.1, -0.05) is 38.1 Å². The van der Waals surface area contributed by atoms with Crippen LogP contribution in [0.1, 0.15) is 59.3 Å². The minimum atomic E-state index is -3.84. The number of ether oxygens (including phenoxy) is 1. The van der Waals surface area contributed by atoms with Gasteiger partial charge in [-0.3, -0.25) is 9.52 Å². The molecule has 3 aromatic rings. The van der Waals surface area contributed by atoms with Crippen molar-refractivity contribution in [3.8, 4) is 5.75 Å². The van der Waals surface area contributed by atoms with Gasteiger partial charge in [-0.05, 0) is 59.0 Å². The molecule has 0 saturated carbocycles. The summed E-state index contributed by atoms with van der Waals surface area (Å²) in [6.45, 7) is 4.88. The minimum Gasteiger partial charge on any atom is -0.493 e. The van der Waals surface area contributed by atoms with Crippen LogP contribution in [0, 0.1) is 0 Å². The molecule has 1 atom stereocenters. The van der Waals surface area contributed by atoms with E-state index in [1.807, 2.05) is 12.1 Å². The Balaban J connectivity index is 1.39. The molecule has 0 aromatic heterocycles. The van der Waals surface area contributed by atoms with Gasteiger partial charge < -0.3 is 10.1 Å². The Morgan fingerprint density at radius 1 is 1.06 bits per heavy atom. The lowest BCUT2D eigenvalue weighted by Crippen LogP contribution is -2.24. The van der Waals surface area contributed by atoms with Crippen LogP contribution >= 0.6 is 0 Å². The summed E-state index contributed by atoms with van der Waals surface area (Å²) in [5.41, 5.74) is 4.78. The molecule has 1 unspecified atom stereocenters. The van der Waals surface area contributed by atoms with E-state index in [0.717, 1.165) is 23.3 Å². The lowest BCUT2D eigenvalue weighted by atomic mass is 9.90. The number of fused-ring (bicyclic) bond motifs is 2. The SMILES string of the molecule is CC(C)c1cccc(C2CC(=O)c3cc(S(=O)(=O)Nc4ccc5c(c4)CCO5)ccc3N2)c1. The molecular weight excluding hydrogens is 436 g/mol. The van der Waals surface area contributed by atoms with E-state index >= 15 is 0 Å². The van der Waals surface area contributed by atoms with Crippen molar-refractivity contribution in [2.24, 2.45) is 0 Å². The van der Waals surface area contributed by atoms with Gasteiger partial charge in [-0.25, -0.2) is 8.42 Å². The first-order valence-electron chi connectivity index (χ1n) is 11.1. The van der Waals surface area contributed by atoms with Crippen molar-refractivity contribution < 1.29 is 17.9 Å². The summed E-state index contributed by atoms with van der Waals surface area (Å²) in [4.78, 5) is 13.0. The van der Waals surface area contributed by atoms with Gasteiger partial charge in [-0.15, -0.1) is 0 Å². The van der Waals surface area contributed by atoms with Crippen molar-refractivity contribution in [1.82, 2.24) is 0 Å². The van der Waals surface area contributed by atoms with Crippen LogP contribution in [0.3, 0.4) is 0 Å². The number of Topliss-reactive ketones (excluding diaryl/α,β-unsaturated/α-hetero) is 1. The van der Waals surface area contributed by atoms with Crippen molar-refractivity contribution in [2.45, 2.75) is 43.5 Å². The van der Waals surface area contributed by atoms with Crippen LogP contribution in [-0.2, 0) is 16.4 Å². The molecule has 0 amide bonds. The largest absolute Gasteiger partial charge is 0.493 e. The predicted octanol–water partition coefficient (Wildman–Crippen LogP) is 5.29. The van der Waals surface area contributed by atoms with E-state index in [0.29, 0.717) is 29.5 Å². The zero-order chi connectivity index (χ0) is 23.2. The van der Waals surface area contributed by atoms with E-state index in [-0.39, 0.29) is 23.1 Å². The average Bonchev–Trinajstić information content (AvgIpc) is 3.26. The molecule has 2 aliphatic rings. The number of rotatable bonds is 5. The van der Waals surface area contributed by atoms with E-state index in [1.54, 1.807) is 24.3 Å². The van der Waals surface area contributed by atoms with Gasteiger partial charge in [0, 0.05) is 29.8 Å². The number of carbonyl (C=O) groups is 1. The molecule has 3 aromatic carbocycles. The Bertz CT molecular complexity index is 1350. The van der Waals surface area contributed by atoms with Crippen LogP contribution in [0.25, 0.3) is 0 Å². The number of benzene rings is 3. The van der Waals surface area contributed by atoms with Gasteiger partial charge in [0.05, 0.1) is 17.5 Å². The summed E-state index contributed by atoms with van der Waals surface area (Å²) < 4.78 is 34.1. The Morgan fingerprint density at radius 3 is 2.73 bits per heavy atom. The highest BCUT2D eigenvalue weighted by Gasteiger charge is 2.28. The maximum Gasteiger partial charge on any atom is 0.261 e. The molecule has 33 heavy (non-hydrogen) atoms. The number of sulfonamides is 1.